The van der Waals surface area contributed by atoms with E-state index in [4.69, 9.17) is 5.73 Å². The van der Waals surface area contributed by atoms with Gasteiger partial charge < -0.3 is 11.1 Å². The SMILES string of the molecule is Cc1ccc(NC(=O)c2ccnc(C(C)(C)C#N)c2)cc1-c1ccnc(-c2ccnc(N)c2)c1. The van der Waals surface area contributed by atoms with Crippen LogP contribution in [0.1, 0.15) is 35.5 Å². The highest BCUT2D eigenvalue weighted by Crippen LogP contribution is 2.30. The zero-order valence-electron chi connectivity index (χ0n) is 19.2. The summed E-state index contributed by atoms with van der Waals surface area (Å²) in [7, 11) is 0. The van der Waals surface area contributed by atoms with Crippen molar-refractivity contribution >= 4 is 17.4 Å². The Bertz CT molecular complexity index is 1420. The molecule has 0 saturated heterocycles. The minimum atomic E-state index is -0.786. The average Bonchev–Trinajstić information content (AvgIpc) is 2.85. The molecule has 3 N–H and O–H groups in total. The molecule has 3 aromatic heterocycles. The molecule has 0 radical (unpaired) electrons. The summed E-state index contributed by atoms with van der Waals surface area (Å²) < 4.78 is 0. The van der Waals surface area contributed by atoms with E-state index in [0.717, 1.165) is 27.9 Å². The van der Waals surface area contributed by atoms with Gasteiger partial charge in [0, 0.05) is 35.4 Å². The first kappa shape index (κ1) is 22.6. The summed E-state index contributed by atoms with van der Waals surface area (Å²) in [5.41, 5.74) is 11.4. The topological polar surface area (TPSA) is 118 Å². The fourth-order valence-corrected chi connectivity index (χ4v) is 3.55. The molecule has 0 fully saturated rings. The molecule has 0 unspecified atom stereocenters. The molecule has 168 valence electrons. The summed E-state index contributed by atoms with van der Waals surface area (Å²) in [5.74, 6) is 0.165. The first-order chi connectivity index (χ1) is 16.3. The van der Waals surface area contributed by atoms with Crippen molar-refractivity contribution in [3.05, 3.63) is 90.0 Å². The fraction of sp³-hybridized carbons (Fsp3) is 0.148. The number of rotatable bonds is 5. The summed E-state index contributed by atoms with van der Waals surface area (Å²) in [4.78, 5) is 25.7. The number of nitrogens with one attached hydrogen (secondary N) is 1. The van der Waals surface area contributed by atoms with Gasteiger partial charge in [-0.2, -0.15) is 5.26 Å². The van der Waals surface area contributed by atoms with Gasteiger partial charge in [-0.3, -0.25) is 14.8 Å². The Morgan fingerprint density at radius 1 is 0.941 bits per heavy atom. The van der Waals surface area contributed by atoms with Gasteiger partial charge in [-0.25, -0.2) is 4.98 Å². The molecule has 34 heavy (non-hydrogen) atoms. The summed E-state index contributed by atoms with van der Waals surface area (Å²) in [6.07, 6.45) is 4.96. The number of nitrogen functional groups attached to an aromatic ring is 1. The maximum absolute atomic E-state index is 12.9. The normalized spacial score (nSPS) is 11.0. The number of aryl methyl sites for hydroxylation is 1. The van der Waals surface area contributed by atoms with Gasteiger partial charge in [0.15, 0.2) is 0 Å². The molecule has 0 atom stereocenters. The van der Waals surface area contributed by atoms with E-state index >= 15 is 0 Å². The van der Waals surface area contributed by atoms with Crippen LogP contribution in [0.5, 0.6) is 0 Å². The third-order valence-corrected chi connectivity index (χ3v) is 5.59. The molecular formula is C27H24N6O. The standard InChI is InChI=1S/C27H24N6O/c1-17-4-5-21(33-26(34)20-8-10-31-24(13-20)27(2,3)16-28)15-22(17)18-6-9-30-23(12-18)19-7-11-32-25(29)14-19/h4-15H,1-3H3,(H2,29,32)(H,33,34). The maximum atomic E-state index is 12.9. The zero-order chi connectivity index (χ0) is 24.3. The van der Waals surface area contributed by atoms with Crippen LogP contribution in [0.15, 0.2) is 73.2 Å². The number of hydrogen-bond acceptors (Lipinski definition) is 6. The number of nitrogens with two attached hydrogens (primary N) is 1. The molecular weight excluding hydrogens is 424 g/mol. The highest BCUT2D eigenvalue weighted by atomic mass is 16.1. The lowest BCUT2D eigenvalue weighted by molar-refractivity contribution is 0.102. The lowest BCUT2D eigenvalue weighted by Crippen LogP contribution is -2.18. The van der Waals surface area contributed by atoms with Crippen molar-refractivity contribution < 1.29 is 4.79 Å². The lowest BCUT2D eigenvalue weighted by Gasteiger charge is -2.15. The monoisotopic (exact) mass is 448 g/mol. The van der Waals surface area contributed by atoms with E-state index < -0.39 is 5.41 Å². The Kier molecular flexibility index (Phi) is 6.07. The minimum absolute atomic E-state index is 0.269. The van der Waals surface area contributed by atoms with Gasteiger partial charge in [-0.1, -0.05) is 6.07 Å². The van der Waals surface area contributed by atoms with Crippen molar-refractivity contribution in [3.63, 3.8) is 0 Å². The van der Waals surface area contributed by atoms with Crippen molar-refractivity contribution in [2.45, 2.75) is 26.2 Å². The van der Waals surface area contributed by atoms with Crippen molar-refractivity contribution in [1.82, 2.24) is 15.0 Å². The second kappa shape index (κ2) is 9.12. The molecule has 0 aliphatic carbocycles. The maximum Gasteiger partial charge on any atom is 0.255 e. The van der Waals surface area contributed by atoms with Crippen molar-refractivity contribution in [2.75, 3.05) is 11.1 Å². The molecule has 0 saturated carbocycles. The number of benzene rings is 1. The number of nitrogens with zero attached hydrogens (tertiary/aromatic N) is 4. The van der Waals surface area contributed by atoms with Crippen molar-refractivity contribution in [1.29, 1.82) is 5.26 Å². The number of aromatic nitrogens is 3. The Labute approximate surface area is 198 Å². The summed E-state index contributed by atoms with van der Waals surface area (Å²) in [6, 6.07) is 18.8. The summed E-state index contributed by atoms with van der Waals surface area (Å²) in [5, 5.41) is 12.3. The van der Waals surface area contributed by atoms with Gasteiger partial charge in [0.05, 0.1) is 22.9 Å². The number of anilines is 2. The van der Waals surface area contributed by atoms with E-state index in [2.05, 4.69) is 26.3 Å². The molecule has 1 aromatic carbocycles. The third kappa shape index (κ3) is 4.76. The van der Waals surface area contributed by atoms with E-state index in [1.165, 1.54) is 0 Å². The number of pyridine rings is 3. The smallest absolute Gasteiger partial charge is 0.255 e. The number of carbonyl (C=O) groups excluding carboxylic acids is 1. The van der Waals surface area contributed by atoms with Gasteiger partial charge in [-0.15, -0.1) is 0 Å². The van der Waals surface area contributed by atoms with Crippen LogP contribution in [0.4, 0.5) is 11.5 Å². The molecule has 3 heterocycles. The van der Waals surface area contributed by atoms with Gasteiger partial charge in [0.2, 0.25) is 0 Å². The molecule has 4 aromatic rings. The van der Waals surface area contributed by atoms with E-state index in [9.17, 15) is 10.1 Å². The quantitative estimate of drug-likeness (QED) is 0.436. The van der Waals surface area contributed by atoms with Crippen molar-refractivity contribution in [3.8, 4) is 28.5 Å². The van der Waals surface area contributed by atoms with Crippen LogP contribution in [0.2, 0.25) is 0 Å². The number of nitriles is 1. The van der Waals surface area contributed by atoms with E-state index in [0.29, 0.717) is 22.8 Å². The van der Waals surface area contributed by atoms with Crippen LogP contribution in [0, 0.1) is 18.3 Å². The van der Waals surface area contributed by atoms with Gasteiger partial charge in [-0.05, 0) is 86.0 Å². The van der Waals surface area contributed by atoms with Crippen LogP contribution in [0.25, 0.3) is 22.4 Å². The number of amides is 1. The fourth-order valence-electron chi connectivity index (χ4n) is 3.55. The second-order valence-corrected chi connectivity index (χ2v) is 8.55. The summed E-state index contributed by atoms with van der Waals surface area (Å²) in [6.45, 7) is 5.56. The van der Waals surface area contributed by atoms with Crippen LogP contribution < -0.4 is 11.1 Å². The Balaban J connectivity index is 1.63. The average molecular weight is 449 g/mol. The van der Waals surface area contributed by atoms with Gasteiger partial charge in [0.1, 0.15) is 5.82 Å². The Morgan fingerprint density at radius 3 is 2.44 bits per heavy atom. The van der Waals surface area contributed by atoms with Crippen LogP contribution in [-0.4, -0.2) is 20.9 Å². The molecule has 0 aliphatic rings. The molecule has 7 heteroatoms. The van der Waals surface area contributed by atoms with Crippen LogP contribution in [0.3, 0.4) is 0 Å². The third-order valence-electron chi connectivity index (χ3n) is 5.59. The largest absolute Gasteiger partial charge is 0.384 e. The van der Waals surface area contributed by atoms with Crippen LogP contribution in [-0.2, 0) is 5.41 Å². The van der Waals surface area contributed by atoms with Crippen molar-refractivity contribution in [2.24, 2.45) is 0 Å². The molecule has 7 nitrogen and oxygen atoms in total. The van der Waals surface area contributed by atoms with E-state index in [1.807, 2.05) is 43.3 Å². The molecule has 0 aliphatic heterocycles. The van der Waals surface area contributed by atoms with E-state index in [1.54, 1.807) is 50.6 Å². The lowest BCUT2D eigenvalue weighted by atomic mass is 9.90. The Hall–Kier alpha value is -4.57. The predicted molar refractivity (Wildman–Crippen MR) is 133 cm³/mol. The van der Waals surface area contributed by atoms with Crippen LogP contribution >= 0.6 is 0 Å². The first-order valence-corrected chi connectivity index (χ1v) is 10.7. The molecule has 0 bridgehead atoms. The minimum Gasteiger partial charge on any atom is -0.384 e. The second-order valence-electron chi connectivity index (χ2n) is 8.55. The van der Waals surface area contributed by atoms with Gasteiger partial charge >= 0.3 is 0 Å². The first-order valence-electron chi connectivity index (χ1n) is 10.7. The van der Waals surface area contributed by atoms with Gasteiger partial charge in [0.25, 0.3) is 5.91 Å². The molecule has 1 amide bonds. The Morgan fingerprint density at radius 2 is 1.68 bits per heavy atom. The molecule has 0 spiro atoms. The molecule has 4 rings (SSSR count). The highest BCUT2D eigenvalue weighted by molar-refractivity contribution is 6.04. The number of carbonyl (C=O) groups is 1. The zero-order valence-corrected chi connectivity index (χ0v) is 19.2. The highest BCUT2D eigenvalue weighted by Gasteiger charge is 2.22. The summed E-state index contributed by atoms with van der Waals surface area (Å²) >= 11 is 0. The van der Waals surface area contributed by atoms with E-state index in [-0.39, 0.29) is 5.91 Å². The number of hydrogen-bond donors (Lipinski definition) is 2. The predicted octanol–water partition coefficient (Wildman–Crippen LogP) is 5.15.